The molecule has 0 atom stereocenters. The zero-order valence-corrected chi connectivity index (χ0v) is 11.8. The molecule has 1 aliphatic heterocycles. The van der Waals surface area contributed by atoms with Crippen molar-refractivity contribution in [1.29, 1.82) is 0 Å². The van der Waals surface area contributed by atoms with Gasteiger partial charge in [-0.05, 0) is 42.0 Å². The van der Waals surface area contributed by atoms with Crippen molar-refractivity contribution in [3.63, 3.8) is 0 Å². The second-order valence-corrected chi connectivity index (χ2v) is 7.30. The third kappa shape index (κ3) is 2.83. The van der Waals surface area contributed by atoms with Gasteiger partial charge in [0, 0.05) is 19.6 Å². The Balaban J connectivity index is 1.72. The van der Waals surface area contributed by atoms with Crippen LogP contribution in [-0.2, 0) is 23.1 Å². The first-order chi connectivity index (χ1) is 9.15. The van der Waals surface area contributed by atoms with Crippen molar-refractivity contribution in [2.75, 3.05) is 6.54 Å². The number of hydrogen-bond donors (Lipinski definition) is 2. The van der Waals surface area contributed by atoms with E-state index < -0.39 is 10.0 Å². The lowest BCUT2D eigenvalue weighted by Gasteiger charge is -2.12. The van der Waals surface area contributed by atoms with Gasteiger partial charge in [-0.15, -0.1) is 0 Å². The summed E-state index contributed by atoms with van der Waals surface area (Å²) in [7, 11) is -3.35. The molecular weight excluding hydrogens is 260 g/mol. The molecule has 0 radical (unpaired) electrons. The molecule has 1 aromatic carbocycles. The normalized spacial score (nSPS) is 19.8. The van der Waals surface area contributed by atoms with Gasteiger partial charge in [0.25, 0.3) is 0 Å². The van der Waals surface area contributed by atoms with Gasteiger partial charge in [0.05, 0.1) is 4.90 Å². The molecule has 4 nitrogen and oxygen atoms in total. The van der Waals surface area contributed by atoms with Crippen LogP contribution in [0.5, 0.6) is 0 Å². The summed E-state index contributed by atoms with van der Waals surface area (Å²) in [4.78, 5) is 0.396. The number of hydrogen-bond acceptors (Lipinski definition) is 3. The summed E-state index contributed by atoms with van der Waals surface area (Å²) < 4.78 is 27.3. The molecule has 1 saturated carbocycles. The molecule has 1 heterocycles. The maximum atomic E-state index is 12.3. The molecule has 19 heavy (non-hydrogen) atoms. The highest BCUT2D eigenvalue weighted by molar-refractivity contribution is 7.89. The van der Waals surface area contributed by atoms with Crippen molar-refractivity contribution in [1.82, 2.24) is 10.0 Å². The van der Waals surface area contributed by atoms with Crippen LogP contribution in [-0.4, -0.2) is 15.0 Å². The van der Waals surface area contributed by atoms with E-state index in [0.29, 0.717) is 17.4 Å². The van der Waals surface area contributed by atoms with Crippen LogP contribution in [0.4, 0.5) is 0 Å². The van der Waals surface area contributed by atoms with E-state index in [0.717, 1.165) is 31.5 Å². The van der Waals surface area contributed by atoms with Crippen molar-refractivity contribution in [3.05, 3.63) is 29.3 Å². The molecule has 0 bridgehead atoms. The summed E-state index contributed by atoms with van der Waals surface area (Å²) in [6, 6.07) is 5.43. The molecule has 0 aromatic heterocycles. The van der Waals surface area contributed by atoms with E-state index in [4.69, 9.17) is 0 Å². The fourth-order valence-electron chi connectivity index (χ4n) is 2.96. The Morgan fingerprint density at radius 2 is 1.89 bits per heavy atom. The Morgan fingerprint density at radius 3 is 2.68 bits per heavy atom. The first kappa shape index (κ1) is 13.1. The number of fused-ring (bicyclic) bond motifs is 1. The van der Waals surface area contributed by atoms with Crippen LogP contribution in [0.15, 0.2) is 23.1 Å². The lowest BCUT2D eigenvalue weighted by Crippen LogP contribution is -2.28. The third-order valence-electron chi connectivity index (χ3n) is 4.16. The highest BCUT2D eigenvalue weighted by Crippen LogP contribution is 2.25. The van der Waals surface area contributed by atoms with Crippen LogP contribution in [0, 0.1) is 5.92 Å². The van der Waals surface area contributed by atoms with Crippen molar-refractivity contribution < 1.29 is 8.42 Å². The van der Waals surface area contributed by atoms with E-state index >= 15 is 0 Å². The fraction of sp³-hybridized carbons (Fsp3) is 0.571. The van der Waals surface area contributed by atoms with Crippen LogP contribution in [0.2, 0.25) is 0 Å². The summed E-state index contributed by atoms with van der Waals surface area (Å²) in [6.07, 6.45) is 4.76. The minimum Gasteiger partial charge on any atom is -0.309 e. The molecule has 0 saturated heterocycles. The molecule has 1 fully saturated rings. The van der Waals surface area contributed by atoms with Crippen LogP contribution in [0.25, 0.3) is 0 Å². The van der Waals surface area contributed by atoms with Crippen LogP contribution < -0.4 is 10.0 Å². The quantitative estimate of drug-likeness (QED) is 0.883. The standard InChI is InChI=1S/C14H20N2O2S/c17-19(18,16-8-11-3-1-2-4-11)14-6-5-12-9-15-10-13(12)7-14/h5-7,11,15-16H,1-4,8-10H2. The van der Waals surface area contributed by atoms with Gasteiger partial charge in [-0.3, -0.25) is 0 Å². The number of sulfonamides is 1. The first-order valence-electron chi connectivity index (χ1n) is 6.97. The number of nitrogens with one attached hydrogen (secondary N) is 2. The summed E-state index contributed by atoms with van der Waals surface area (Å²) in [5.41, 5.74) is 2.30. The average molecular weight is 280 g/mol. The van der Waals surface area contributed by atoms with Crippen molar-refractivity contribution in [3.8, 4) is 0 Å². The van der Waals surface area contributed by atoms with Crippen LogP contribution in [0.3, 0.4) is 0 Å². The van der Waals surface area contributed by atoms with Gasteiger partial charge in [-0.25, -0.2) is 13.1 Å². The van der Waals surface area contributed by atoms with Crippen molar-refractivity contribution >= 4 is 10.0 Å². The first-order valence-corrected chi connectivity index (χ1v) is 8.46. The zero-order chi connectivity index (χ0) is 13.3. The van der Waals surface area contributed by atoms with Crippen molar-refractivity contribution in [2.24, 2.45) is 5.92 Å². The summed E-state index contributed by atoms with van der Waals surface area (Å²) in [6.45, 7) is 2.18. The minimum atomic E-state index is -3.35. The van der Waals surface area contributed by atoms with E-state index in [1.807, 2.05) is 6.07 Å². The second-order valence-electron chi connectivity index (χ2n) is 5.54. The Bertz CT molecular complexity index is 563. The predicted molar refractivity (Wildman–Crippen MR) is 74.1 cm³/mol. The highest BCUT2D eigenvalue weighted by Gasteiger charge is 2.21. The van der Waals surface area contributed by atoms with Gasteiger partial charge in [-0.2, -0.15) is 0 Å². The smallest absolute Gasteiger partial charge is 0.240 e. The van der Waals surface area contributed by atoms with E-state index in [1.54, 1.807) is 12.1 Å². The SMILES string of the molecule is O=S(=O)(NCC1CCCC1)c1ccc2c(c1)CNC2. The lowest BCUT2D eigenvalue weighted by molar-refractivity contribution is 0.519. The molecule has 1 aromatic rings. The maximum Gasteiger partial charge on any atom is 0.240 e. The van der Waals surface area contributed by atoms with E-state index in [-0.39, 0.29) is 0 Å². The zero-order valence-electron chi connectivity index (χ0n) is 11.0. The highest BCUT2D eigenvalue weighted by atomic mass is 32.2. The Morgan fingerprint density at radius 1 is 1.16 bits per heavy atom. The van der Waals surface area contributed by atoms with Gasteiger partial charge in [0.1, 0.15) is 0 Å². The van der Waals surface area contributed by atoms with Gasteiger partial charge in [0.15, 0.2) is 0 Å². The topological polar surface area (TPSA) is 58.2 Å². The van der Waals surface area contributed by atoms with E-state index in [2.05, 4.69) is 10.0 Å². The van der Waals surface area contributed by atoms with Gasteiger partial charge in [-0.1, -0.05) is 18.9 Å². The largest absolute Gasteiger partial charge is 0.309 e. The van der Waals surface area contributed by atoms with Gasteiger partial charge in [0.2, 0.25) is 10.0 Å². The fourth-order valence-corrected chi connectivity index (χ4v) is 4.13. The predicted octanol–water partition coefficient (Wildman–Crippen LogP) is 1.76. The monoisotopic (exact) mass is 280 g/mol. The molecule has 3 rings (SSSR count). The summed E-state index contributed by atoms with van der Waals surface area (Å²) in [5.74, 6) is 0.519. The van der Waals surface area contributed by atoms with E-state index in [9.17, 15) is 8.42 Å². The van der Waals surface area contributed by atoms with Gasteiger partial charge < -0.3 is 5.32 Å². The Hall–Kier alpha value is -0.910. The van der Waals surface area contributed by atoms with Crippen molar-refractivity contribution in [2.45, 2.75) is 43.7 Å². The third-order valence-corrected chi connectivity index (χ3v) is 5.58. The molecule has 0 unspecified atom stereocenters. The average Bonchev–Trinajstić information content (AvgIpc) is 3.06. The molecule has 5 heteroatoms. The van der Waals surface area contributed by atoms with Gasteiger partial charge >= 0.3 is 0 Å². The number of benzene rings is 1. The Kier molecular flexibility index (Phi) is 3.60. The minimum absolute atomic E-state index is 0.396. The molecule has 0 amide bonds. The molecule has 2 N–H and O–H groups in total. The molecular formula is C14H20N2O2S. The second kappa shape index (κ2) is 5.23. The maximum absolute atomic E-state index is 12.3. The number of rotatable bonds is 4. The molecule has 104 valence electrons. The molecule has 1 aliphatic carbocycles. The summed E-state index contributed by atoms with van der Waals surface area (Å²) >= 11 is 0. The van der Waals surface area contributed by atoms with Crippen LogP contribution >= 0.6 is 0 Å². The summed E-state index contributed by atoms with van der Waals surface area (Å²) in [5, 5.41) is 3.23. The van der Waals surface area contributed by atoms with E-state index in [1.165, 1.54) is 18.4 Å². The molecule has 2 aliphatic rings. The Labute approximate surface area is 114 Å². The van der Waals surface area contributed by atoms with Crippen LogP contribution in [0.1, 0.15) is 36.8 Å². The lowest BCUT2D eigenvalue weighted by atomic mass is 10.1. The molecule has 0 spiro atoms.